The molecule has 0 spiro atoms. The molecule has 0 fully saturated rings. The SMILES string of the molecule is COc1cc(C)ccc1Pc1ccc(C)cc1OC. The Morgan fingerprint density at radius 1 is 0.737 bits per heavy atom. The topological polar surface area (TPSA) is 18.5 Å². The van der Waals surface area contributed by atoms with Crippen LogP contribution in [0.4, 0.5) is 0 Å². The Balaban J connectivity index is 2.36. The normalized spacial score (nSPS) is 10.3. The number of aryl methyl sites for hydroxylation is 2. The summed E-state index contributed by atoms with van der Waals surface area (Å²) in [6.45, 7) is 4.14. The zero-order chi connectivity index (χ0) is 13.8. The minimum absolute atomic E-state index is 0.531. The lowest BCUT2D eigenvalue weighted by Gasteiger charge is -2.12. The smallest absolute Gasteiger partial charge is 0.126 e. The van der Waals surface area contributed by atoms with Crippen LogP contribution in [0.15, 0.2) is 36.4 Å². The first kappa shape index (κ1) is 13.9. The summed E-state index contributed by atoms with van der Waals surface area (Å²) in [5, 5.41) is 2.41. The van der Waals surface area contributed by atoms with Crippen LogP contribution in [0.2, 0.25) is 0 Å². The van der Waals surface area contributed by atoms with Gasteiger partial charge in [0.1, 0.15) is 11.5 Å². The van der Waals surface area contributed by atoms with Gasteiger partial charge in [0.25, 0.3) is 0 Å². The van der Waals surface area contributed by atoms with Gasteiger partial charge < -0.3 is 9.47 Å². The van der Waals surface area contributed by atoms with Gasteiger partial charge in [0, 0.05) is 10.6 Å². The van der Waals surface area contributed by atoms with Crippen molar-refractivity contribution in [2.24, 2.45) is 0 Å². The molecule has 0 bridgehead atoms. The van der Waals surface area contributed by atoms with Crippen molar-refractivity contribution in [2.75, 3.05) is 14.2 Å². The predicted octanol–water partition coefficient (Wildman–Crippen LogP) is 2.95. The first-order valence-electron chi connectivity index (χ1n) is 6.20. The minimum atomic E-state index is 0.531. The van der Waals surface area contributed by atoms with Crippen LogP contribution in [0.1, 0.15) is 11.1 Å². The predicted molar refractivity (Wildman–Crippen MR) is 83.0 cm³/mol. The zero-order valence-electron chi connectivity index (χ0n) is 11.8. The average Bonchev–Trinajstić information content (AvgIpc) is 2.42. The van der Waals surface area contributed by atoms with Crippen LogP contribution in [-0.4, -0.2) is 14.2 Å². The molecule has 0 saturated heterocycles. The second-order valence-corrected chi connectivity index (χ2v) is 5.86. The minimum Gasteiger partial charge on any atom is -0.496 e. The lowest BCUT2D eigenvalue weighted by molar-refractivity contribution is 0.417. The molecule has 0 atom stereocenters. The molecule has 100 valence electrons. The molecule has 2 aromatic carbocycles. The molecule has 19 heavy (non-hydrogen) atoms. The standard InChI is InChI=1S/C16H19O2P/c1-11-5-7-15(13(9-11)17-3)19-16-8-6-12(2)10-14(16)18-4/h5-10,19H,1-4H3. The van der Waals surface area contributed by atoms with E-state index in [0.29, 0.717) is 8.58 Å². The van der Waals surface area contributed by atoms with Crippen molar-refractivity contribution in [2.45, 2.75) is 13.8 Å². The molecule has 0 aliphatic rings. The highest BCUT2D eigenvalue weighted by atomic mass is 31.1. The molecular formula is C16H19O2P. The summed E-state index contributed by atoms with van der Waals surface area (Å²) < 4.78 is 10.9. The molecule has 0 radical (unpaired) electrons. The second-order valence-electron chi connectivity index (χ2n) is 4.53. The second kappa shape index (κ2) is 6.08. The van der Waals surface area contributed by atoms with Crippen molar-refractivity contribution in [3.8, 4) is 11.5 Å². The number of methoxy groups -OCH3 is 2. The molecule has 0 unspecified atom stereocenters. The maximum Gasteiger partial charge on any atom is 0.126 e. The molecule has 0 saturated carbocycles. The largest absolute Gasteiger partial charge is 0.496 e. The maximum absolute atomic E-state index is 5.46. The Kier molecular flexibility index (Phi) is 4.44. The summed E-state index contributed by atoms with van der Waals surface area (Å²) in [5.74, 6) is 1.89. The molecular weight excluding hydrogens is 255 g/mol. The highest BCUT2D eigenvalue weighted by Gasteiger charge is 2.08. The van der Waals surface area contributed by atoms with Crippen molar-refractivity contribution in [3.63, 3.8) is 0 Å². The van der Waals surface area contributed by atoms with Crippen molar-refractivity contribution in [1.82, 2.24) is 0 Å². The van der Waals surface area contributed by atoms with E-state index in [1.807, 2.05) is 0 Å². The van der Waals surface area contributed by atoms with Crippen LogP contribution in [0.5, 0.6) is 11.5 Å². The molecule has 0 N–H and O–H groups in total. The van der Waals surface area contributed by atoms with Crippen LogP contribution in [0, 0.1) is 13.8 Å². The highest BCUT2D eigenvalue weighted by molar-refractivity contribution is 7.56. The number of hydrogen-bond acceptors (Lipinski definition) is 2. The summed E-state index contributed by atoms with van der Waals surface area (Å²) in [7, 11) is 3.97. The highest BCUT2D eigenvalue weighted by Crippen LogP contribution is 2.25. The summed E-state index contributed by atoms with van der Waals surface area (Å²) in [4.78, 5) is 0. The third-order valence-corrected chi connectivity index (χ3v) is 4.35. The van der Waals surface area contributed by atoms with Gasteiger partial charge in [-0.2, -0.15) is 0 Å². The number of ether oxygens (including phenoxy) is 2. The molecule has 2 rings (SSSR count). The van der Waals surface area contributed by atoms with Gasteiger partial charge in [-0.1, -0.05) is 32.8 Å². The van der Waals surface area contributed by atoms with Crippen molar-refractivity contribution in [1.29, 1.82) is 0 Å². The lowest BCUT2D eigenvalue weighted by Crippen LogP contribution is -2.09. The summed E-state index contributed by atoms with van der Waals surface area (Å²) in [5.41, 5.74) is 2.42. The van der Waals surface area contributed by atoms with Gasteiger partial charge in [-0.3, -0.25) is 0 Å². The van der Waals surface area contributed by atoms with Gasteiger partial charge in [0.2, 0.25) is 0 Å². The van der Waals surface area contributed by atoms with Gasteiger partial charge in [0.15, 0.2) is 0 Å². The Morgan fingerprint density at radius 2 is 1.16 bits per heavy atom. The Bertz CT molecular complexity index is 527. The average molecular weight is 274 g/mol. The Labute approximate surface area is 116 Å². The van der Waals surface area contributed by atoms with Crippen LogP contribution in [0.25, 0.3) is 0 Å². The quantitative estimate of drug-likeness (QED) is 0.798. The van der Waals surface area contributed by atoms with Gasteiger partial charge in [0.05, 0.1) is 14.2 Å². The van der Waals surface area contributed by atoms with Crippen LogP contribution in [-0.2, 0) is 0 Å². The Hall–Kier alpha value is -1.53. The molecule has 0 aliphatic heterocycles. The summed E-state index contributed by atoms with van der Waals surface area (Å²) in [6.07, 6.45) is 0. The molecule has 3 heteroatoms. The van der Waals surface area contributed by atoms with E-state index < -0.39 is 0 Å². The van der Waals surface area contributed by atoms with Crippen LogP contribution < -0.4 is 20.1 Å². The van der Waals surface area contributed by atoms with Gasteiger partial charge in [-0.05, 0) is 37.1 Å². The molecule has 2 nitrogen and oxygen atoms in total. The summed E-state index contributed by atoms with van der Waals surface area (Å²) in [6, 6.07) is 12.6. The van der Waals surface area contributed by atoms with E-state index >= 15 is 0 Å². The third-order valence-electron chi connectivity index (χ3n) is 2.98. The zero-order valence-corrected chi connectivity index (χ0v) is 12.8. The molecule has 0 amide bonds. The van der Waals surface area contributed by atoms with Crippen LogP contribution in [0.3, 0.4) is 0 Å². The fraction of sp³-hybridized carbons (Fsp3) is 0.250. The third kappa shape index (κ3) is 3.27. The lowest BCUT2D eigenvalue weighted by atomic mass is 10.2. The first-order chi connectivity index (χ1) is 9.13. The van der Waals surface area contributed by atoms with Gasteiger partial charge in [-0.15, -0.1) is 0 Å². The van der Waals surface area contributed by atoms with E-state index in [-0.39, 0.29) is 0 Å². The van der Waals surface area contributed by atoms with Crippen molar-refractivity contribution in [3.05, 3.63) is 47.5 Å². The number of rotatable bonds is 4. The van der Waals surface area contributed by atoms with Crippen molar-refractivity contribution >= 4 is 19.2 Å². The number of benzene rings is 2. The van der Waals surface area contributed by atoms with E-state index in [2.05, 4.69) is 50.2 Å². The van der Waals surface area contributed by atoms with Crippen molar-refractivity contribution < 1.29 is 9.47 Å². The number of hydrogen-bond donors (Lipinski definition) is 0. The first-order valence-corrected chi connectivity index (χ1v) is 7.20. The fourth-order valence-corrected chi connectivity index (χ4v) is 3.17. The van der Waals surface area contributed by atoms with Gasteiger partial charge >= 0.3 is 0 Å². The molecule has 0 aliphatic carbocycles. The van der Waals surface area contributed by atoms with E-state index in [9.17, 15) is 0 Å². The molecule has 2 aromatic rings. The maximum atomic E-state index is 5.46. The van der Waals surface area contributed by atoms with E-state index in [1.54, 1.807) is 14.2 Å². The van der Waals surface area contributed by atoms with Crippen LogP contribution >= 0.6 is 8.58 Å². The van der Waals surface area contributed by atoms with Gasteiger partial charge in [-0.25, -0.2) is 0 Å². The fourth-order valence-electron chi connectivity index (χ4n) is 1.95. The van der Waals surface area contributed by atoms with E-state index in [4.69, 9.17) is 9.47 Å². The Morgan fingerprint density at radius 3 is 1.53 bits per heavy atom. The molecule has 0 heterocycles. The summed E-state index contributed by atoms with van der Waals surface area (Å²) >= 11 is 0. The van der Waals surface area contributed by atoms with E-state index in [0.717, 1.165) is 11.5 Å². The molecule has 0 aromatic heterocycles. The van der Waals surface area contributed by atoms with E-state index in [1.165, 1.54) is 21.7 Å². The monoisotopic (exact) mass is 274 g/mol.